The third-order valence-electron chi connectivity index (χ3n) is 1.64. The molecule has 3 nitrogen and oxygen atoms in total. The lowest BCUT2D eigenvalue weighted by Crippen LogP contribution is -2.09. The van der Waals surface area contributed by atoms with Crippen LogP contribution in [0.15, 0.2) is 9.98 Å². The van der Waals surface area contributed by atoms with Crippen LogP contribution in [0.2, 0.25) is 0 Å². The van der Waals surface area contributed by atoms with Gasteiger partial charge in [-0.05, 0) is 22.4 Å². The number of nitrogens with one attached hydrogen (secondary N) is 1. The molecule has 1 rings (SSSR count). The van der Waals surface area contributed by atoms with Crippen LogP contribution in [-0.2, 0) is 4.74 Å². The molecule has 1 aromatic heterocycles. The zero-order valence-electron chi connectivity index (χ0n) is 8.25. The first kappa shape index (κ1) is 11.9. The van der Waals surface area contributed by atoms with Crippen molar-refractivity contribution in [1.29, 1.82) is 0 Å². The SMILES string of the molecule is CCCCOCCNc1nc(Br)cs1. The highest BCUT2D eigenvalue weighted by Crippen LogP contribution is 2.18. The first-order valence-corrected chi connectivity index (χ1v) is 6.43. The topological polar surface area (TPSA) is 34.1 Å². The first-order valence-electron chi connectivity index (χ1n) is 4.75. The molecule has 0 saturated carbocycles. The van der Waals surface area contributed by atoms with E-state index >= 15 is 0 Å². The fraction of sp³-hybridized carbons (Fsp3) is 0.667. The predicted octanol–water partition coefficient (Wildman–Crippen LogP) is 3.13. The van der Waals surface area contributed by atoms with Crippen LogP contribution in [0.1, 0.15) is 19.8 Å². The molecule has 5 heteroatoms. The Labute approximate surface area is 97.0 Å². The molecule has 80 valence electrons. The quantitative estimate of drug-likeness (QED) is 0.779. The van der Waals surface area contributed by atoms with Gasteiger partial charge in [0.2, 0.25) is 0 Å². The van der Waals surface area contributed by atoms with Gasteiger partial charge >= 0.3 is 0 Å². The summed E-state index contributed by atoms with van der Waals surface area (Å²) in [5.41, 5.74) is 0. The summed E-state index contributed by atoms with van der Waals surface area (Å²) < 4.78 is 6.29. The highest BCUT2D eigenvalue weighted by Gasteiger charge is 1.96. The number of halogens is 1. The van der Waals surface area contributed by atoms with E-state index in [-0.39, 0.29) is 0 Å². The fourth-order valence-corrected chi connectivity index (χ4v) is 2.09. The van der Waals surface area contributed by atoms with Gasteiger partial charge in [0.05, 0.1) is 6.61 Å². The van der Waals surface area contributed by atoms with E-state index < -0.39 is 0 Å². The van der Waals surface area contributed by atoms with Gasteiger partial charge in [-0.3, -0.25) is 0 Å². The second kappa shape index (κ2) is 7.20. The maximum atomic E-state index is 5.41. The van der Waals surface area contributed by atoms with E-state index in [1.807, 2.05) is 5.38 Å². The number of nitrogens with zero attached hydrogens (tertiary/aromatic N) is 1. The molecule has 0 aliphatic carbocycles. The van der Waals surface area contributed by atoms with Crippen LogP contribution in [0.4, 0.5) is 5.13 Å². The molecule has 0 aliphatic heterocycles. The van der Waals surface area contributed by atoms with Crippen molar-refractivity contribution >= 4 is 32.4 Å². The van der Waals surface area contributed by atoms with Gasteiger partial charge in [-0.15, -0.1) is 11.3 Å². The molecule has 1 N–H and O–H groups in total. The molecule has 0 bridgehead atoms. The summed E-state index contributed by atoms with van der Waals surface area (Å²) in [7, 11) is 0. The molecule has 0 saturated heterocycles. The predicted molar refractivity (Wildman–Crippen MR) is 64.0 cm³/mol. The molecular weight excluding hydrogens is 264 g/mol. The Kier molecular flexibility index (Phi) is 6.14. The molecule has 0 radical (unpaired) electrons. The van der Waals surface area contributed by atoms with Gasteiger partial charge in [0.1, 0.15) is 4.60 Å². The number of ether oxygens (including phenoxy) is 1. The van der Waals surface area contributed by atoms with Crippen molar-refractivity contribution in [2.45, 2.75) is 19.8 Å². The normalized spacial score (nSPS) is 10.4. The van der Waals surface area contributed by atoms with Crippen LogP contribution in [0.3, 0.4) is 0 Å². The number of hydrogen-bond acceptors (Lipinski definition) is 4. The largest absolute Gasteiger partial charge is 0.380 e. The number of rotatable bonds is 7. The van der Waals surface area contributed by atoms with Crippen molar-refractivity contribution in [3.8, 4) is 0 Å². The average molecular weight is 279 g/mol. The molecule has 0 aromatic carbocycles. The molecule has 0 aliphatic rings. The van der Waals surface area contributed by atoms with Gasteiger partial charge in [0, 0.05) is 18.5 Å². The minimum Gasteiger partial charge on any atom is -0.380 e. The van der Waals surface area contributed by atoms with Gasteiger partial charge in [-0.1, -0.05) is 13.3 Å². The Morgan fingerprint density at radius 2 is 2.43 bits per heavy atom. The highest BCUT2D eigenvalue weighted by atomic mass is 79.9. The van der Waals surface area contributed by atoms with Gasteiger partial charge in [-0.2, -0.15) is 0 Å². The first-order chi connectivity index (χ1) is 6.83. The van der Waals surface area contributed by atoms with Crippen molar-refractivity contribution in [1.82, 2.24) is 4.98 Å². The van der Waals surface area contributed by atoms with Crippen LogP contribution in [0.25, 0.3) is 0 Å². The number of anilines is 1. The second-order valence-electron chi connectivity index (χ2n) is 2.87. The molecule has 1 aromatic rings. The maximum Gasteiger partial charge on any atom is 0.183 e. The fourth-order valence-electron chi connectivity index (χ4n) is 0.914. The molecule has 0 amide bonds. The minimum atomic E-state index is 0.747. The average Bonchev–Trinajstić information content (AvgIpc) is 2.58. The molecule has 1 heterocycles. The maximum absolute atomic E-state index is 5.41. The number of unbranched alkanes of at least 4 members (excludes halogenated alkanes) is 1. The molecule has 0 spiro atoms. The summed E-state index contributed by atoms with van der Waals surface area (Å²) in [5.74, 6) is 0. The van der Waals surface area contributed by atoms with E-state index in [9.17, 15) is 0 Å². The van der Waals surface area contributed by atoms with Crippen LogP contribution in [0, 0.1) is 0 Å². The van der Waals surface area contributed by atoms with E-state index in [1.54, 1.807) is 11.3 Å². The van der Waals surface area contributed by atoms with Gasteiger partial charge in [0.25, 0.3) is 0 Å². The third-order valence-corrected chi connectivity index (χ3v) is 3.15. The molecular formula is C9H15BrN2OS. The summed E-state index contributed by atoms with van der Waals surface area (Å²) >= 11 is 4.90. The lowest BCUT2D eigenvalue weighted by Gasteiger charge is -2.03. The highest BCUT2D eigenvalue weighted by molar-refractivity contribution is 9.10. The van der Waals surface area contributed by atoms with Crippen LogP contribution in [0.5, 0.6) is 0 Å². The van der Waals surface area contributed by atoms with E-state index in [2.05, 4.69) is 33.2 Å². The Morgan fingerprint density at radius 3 is 3.07 bits per heavy atom. The second-order valence-corrected chi connectivity index (χ2v) is 4.54. The van der Waals surface area contributed by atoms with E-state index in [1.165, 1.54) is 6.42 Å². The van der Waals surface area contributed by atoms with Crippen LogP contribution < -0.4 is 5.32 Å². The zero-order chi connectivity index (χ0) is 10.2. The Bertz CT molecular complexity index is 255. The smallest absolute Gasteiger partial charge is 0.183 e. The van der Waals surface area contributed by atoms with Crippen molar-refractivity contribution < 1.29 is 4.74 Å². The third kappa shape index (κ3) is 4.93. The molecule has 0 atom stereocenters. The zero-order valence-corrected chi connectivity index (χ0v) is 10.7. The molecule has 0 fully saturated rings. The standard InChI is InChI=1S/C9H15BrN2OS/c1-2-3-5-13-6-4-11-9-12-8(10)7-14-9/h7H,2-6H2,1H3,(H,11,12). The van der Waals surface area contributed by atoms with E-state index in [0.29, 0.717) is 0 Å². The van der Waals surface area contributed by atoms with Crippen molar-refractivity contribution in [3.63, 3.8) is 0 Å². The van der Waals surface area contributed by atoms with Crippen molar-refractivity contribution in [3.05, 3.63) is 9.98 Å². The number of hydrogen-bond donors (Lipinski definition) is 1. The van der Waals surface area contributed by atoms with Crippen molar-refractivity contribution in [2.75, 3.05) is 25.1 Å². The summed E-state index contributed by atoms with van der Waals surface area (Å²) in [5, 5.41) is 6.09. The van der Waals surface area contributed by atoms with Crippen LogP contribution >= 0.6 is 27.3 Å². The van der Waals surface area contributed by atoms with E-state index in [4.69, 9.17) is 4.74 Å². The number of thiazole rings is 1. The Balaban J connectivity index is 1.99. The summed E-state index contributed by atoms with van der Waals surface area (Å²) in [4.78, 5) is 4.21. The summed E-state index contributed by atoms with van der Waals surface area (Å²) in [6.07, 6.45) is 2.33. The monoisotopic (exact) mass is 278 g/mol. The number of aromatic nitrogens is 1. The summed E-state index contributed by atoms with van der Waals surface area (Å²) in [6, 6.07) is 0. The molecule has 0 unspecified atom stereocenters. The Hall–Kier alpha value is -0.130. The minimum absolute atomic E-state index is 0.747. The van der Waals surface area contributed by atoms with Gasteiger partial charge in [-0.25, -0.2) is 4.98 Å². The van der Waals surface area contributed by atoms with Crippen LogP contribution in [-0.4, -0.2) is 24.7 Å². The summed E-state index contributed by atoms with van der Waals surface area (Å²) in [6.45, 7) is 4.59. The Morgan fingerprint density at radius 1 is 1.57 bits per heavy atom. The lowest BCUT2D eigenvalue weighted by atomic mass is 10.4. The van der Waals surface area contributed by atoms with Gasteiger partial charge < -0.3 is 10.1 Å². The van der Waals surface area contributed by atoms with E-state index in [0.717, 1.165) is 35.9 Å². The lowest BCUT2D eigenvalue weighted by molar-refractivity contribution is 0.141. The molecule has 14 heavy (non-hydrogen) atoms. The van der Waals surface area contributed by atoms with Gasteiger partial charge in [0.15, 0.2) is 5.13 Å². The van der Waals surface area contributed by atoms with Crippen molar-refractivity contribution in [2.24, 2.45) is 0 Å².